The van der Waals surface area contributed by atoms with Crippen molar-refractivity contribution >= 4 is 16.9 Å². The standard InChI is InChI=1S/C20H25NO4/c1-2-25-17(22)12-15(13-8-4-3-5-9-13)18-19(23)14-10-6-7-11-16(14)21-20(18)24/h6-7,10-11,13,15H,2-5,8-9,12H2,1H3,(H2,21,23,24)/t15-/m1/s1. The van der Waals surface area contributed by atoms with E-state index in [-0.39, 0.29) is 35.5 Å². The predicted octanol–water partition coefficient (Wildman–Crippen LogP) is 3.85. The molecule has 1 aromatic carbocycles. The summed E-state index contributed by atoms with van der Waals surface area (Å²) < 4.78 is 5.12. The second-order valence-corrected chi connectivity index (χ2v) is 6.78. The quantitative estimate of drug-likeness (QED) is 0.808. The highest BCUT2D eigenvalue weighted by Gasteiger charge is 2.32. The Morgan fingerprint density at radius 1 is 1.28 bits per heavy atom. The number of H-pyrrole nitrogens is 1. The molecule has 0 saturated heterocycles. The lowest BCUT2D eigenvalue weighted by atomic mass is 9.75. The van der Waals surface area contributed by atoms with Crippen molar-refractivity contribution in [3.63, 3.8) is 0 Å². The Balaban J connectivity index is 2.06. The Bertz CT molecular complexity index is 805. The molecule has 5 nitrogen and oxygen atoms in total. The van der Waals surface area contributed by atoms with E-state index in [0.717, 1.165) is 25.7 Å². The Hall–Kier alpha value is -2.30. The van der Waals surface area contributed by atoms with Crippen molar-refractivity contribution in [2.75, 3.05) is 6.61 Å². The predicted molar refractivity (Wildman–Crippen MR) is 96.8 cm³/mol. The molecule has 1 aliphatic carbocycles. The van der Waals surface area contributed by atoms with Gasteiger partial charge in [0.15, 0.2) is 0 Å². The van der Waals surface area contributed by atoms with E-state index < -0.39 is 0 Å². The molecule has 0 aliphatic heterocycles. The molecule has 2 N–H and O–H groups in total. The number of carbonyl (C=O) groups is 1. The molecule has 1 aliphatic rings. The number of nitrogens with one attached hydrogen (secondary N) is 1. The summed E-state index contributed by atoms with van der Waals surface area (Å²) in [6.45, 7) is 2.09. The fraction of sp³-hybridized carbons (Fsp3) is 0.500. The van der Waals surface area contributed by atoms with Crippen molar-refractivity contribution in [1.82, 2.24) is 4.98 Å². The molecule has 1 saturated carbocycles. The number of hydrogen-bond donors (Lipinski definition) is 2. The lowest BCUT2D eigenvalue weighted by Crippen LogP contribution is -2.26. The van der Waals surface area contributed by atoms with Crippen LogP contribution in [0.3, 0.4) is 0 Å². The number of benzene rings is 1. The Labute approximate surface area is 147 Å². The minimum absolute atomic E-state index is 0.000720. The molecule has 0 bridgehead atoms. The van der Waals surface area contributed by atoms with Crippen molar-refractivity contribution in [3.05, 3.63) is 40.2 Å². The van der Waals surface area contributed by atoms with Crippen LogP contribution < -0.4 is 5.56 Å². The number of aromatic amines is 1. The van der Waals surface area contributed by atoms with E-state index in [1.165, 1.54) is 6.42 Å². The van der Waals surface area contributed by atoms with E-state index in [1.807, 2.05) is 12.1 Å². The van der Waals surface area contributed by atoms with Gasteiger partial charge >= 0.3 is 5.97 Å². The summed E-state index contributed by atoms with van der Waals surface area (Å²) >= 11 is 0. The minimum atomic E-state index is -0.315. The highest BCUT2D eigenvalue weighted by Crippen LogP contribution is 2.41. The zero-order valence-electron chi connectivity index (χ0n) is 14.6. The molecule has 0 radical (unpaired) electrons. The molecule has 1 aromatic heterocycles. The highest BCUT2D eigenvalue weighted by molar-refractivity contribution is 5.86. The third-order valence-corrected chi connectivity index (χ3v) is 5.21. The summed E-state index contributed by atoms with van der Waals surface area (Å²) in [5.41, 5.74) is 0.627. The van der Waals surface area contributed by atoms with Crippen LogP contribution in [0.2, 0.25) is 0 Å². The number of hydrogen-bond acceptors (Lipinski definition) is 4. The second kappa shape index (κ2) is 7.72. The molecule has 0 amide bonds. The SMILES string of the molecule is CCOC(=O)C[C@@H](c1c(O)c2ccccc2[nH]c1=O)C1CCCCC1. The fourth-order valence-electron chi connectivity index (χ4n) is 4.03. The van der Waals surface area contributed by atoms with Gasteiger partial charge in [0.05, 0.1) is 24.1 Å². The molecule has 0 spiro atoms. The first-order valence-electron chi connectivity index (χ1n) is 9.11. The van der Waals surface area contributed by atoms with E-state index in [2.05, 4.69) is 4.98 Å². The average Bonchev–Trinajstić information content (AvgIpc) is 2.62. The molecule has 1 atom stereocenters. The van der Waals surface area contributed by atoms with E-state index >= 15 is 0 Å². The first-order chi connectivity index (χ1) is 12.1. The lowest BCUT2D eigenvalue weighted by Gasteiger charge is -2.30. The molecule has 2 aromatic rings. The highest BCUT2D eigenvalue weighted by atomic mass is 16.5. The van der Waals surface area contributed by atoms with E-state index in [9.17, 15) is 14.7 Å². The topological polar surface area (TPSA) is 79.4 Å². The van der Waals surface area contributed by atoms with Crippen LogP contribution >= 0.6 is 0 Å². The van der Waals surface area contributed by atoms with Crippen LogP contribution in [0.1, 0.15) is 56.9 Å². The number of para-hydroxylation sites is 1. The molecule has 25 heavy (non-hydrogen) atoms. The van der Waals surface area contributed by atoms with Crippen LogP contribution in [0, 0.1) is 5.92 Å². The summed E-state index contributed by atoms with van der Waals surface area (Å²) in [5.74, 6) is -0.414. The van der Waals surface area contributed by atoms with Crippen molar-refractivity contribution in [2.45, 2.75) is 51.4 Å². The van der Waals surface area contributed by atoms with Crippen molar-refractivity contribution < 1.29 is 14.6 Å². The van der Waals surface area contributed by atoms with Crippen LogP contribution in [0.4, 0.5) is 0 Å². The third kappa shape index (κ3) is 3.70. The number of pyridine rings is 1. The monoisotopic (exact) mass is 343 g/mol. The minimum Gasteiger partial charge on any atom is -0.507 e. The number of aromatic hydroxyl groups is 1. The number of aromatic nitrogens is 1. The zero-order valence-corrected chi connectivity index (χ0v) is 14.6. The van der Waals surface area contributed by atoms with Crippen molar-refractivity contribution in [1.29, 1.82) is 0 Å². The Kier molecular flexibility index (Phi) is 5.41. The summed E-state index contributed by atoms with van der Waals surface area (Å²) in [7, 11) is 0. The lowest BCUT2D eigenvalue weighted by molar-refractivity contribution is -0.144. The zero-order chi connectivity index (χ0) is 17.8. The van der Waals surface area contributed by atoms with Gasteiger partial charge in [0.2, 0.25) is 0 Å². The summed E-state index contributed by atoms with van der Waals surface area (Å²) in [5, 5.41) is 11.4. The van der Waals surface area contributed by atoms with Gasteiger partial charge in [-0.05, 0) is 37.8 Å². The average molecular weight is 343 g/mol. The molecule has 3 rings (SSSR count). The third-order valence-electron chi connectivity index (χ3n) is 5.21. The molecular weight excluding hydrogens is 318 g/mol. The fourth-order valence-corrected chi connectivity index (χ4v) is 4.03. The first-order valence-corrected chi connectivity index (χ1v) is 9.11. The maximum atomic E-state index is 12.7. The van der Waals surface area contributed by atoms with Crippen LogP contribution in [0.15, 0.2) is 29.1 Å². The molecule has 134 valence electrons. The Morgan fingerprint density at radius 2 is 2.00 bits per heavy atom. The van der Waals surface area contributed by atoms with E-state index in [1.54, 1.807) is 19.1 Å². The largest absolute Gasteiger partial charge is 0.507 e. The number of esters is 1. The van der Waals surface area contributed by atoms with Gasteiger partial charge in [0.25, 0.3) is 5.56 Å². The molecule has 5 heteroatoms. The van der Waals surface area contributed by atoms with Crippen LogP contribution in [-0.2, 0) is 9.53 Å². The van der Waals surface area contributed by atoms with Gasteiger partial charge in [-0.1, -0.05) is 31.4 Å². The van der Waals surface area contributed by atoms with Gasteiger partial charge < -0.3 is 14.8 Å². The van der Waals surface area contributed by atoms with Crippen LogP contribution in [-0.4, -0.2) is 22.7 Å². The van der Waals surface area contributed by atoms with Gasteiger partial charge in [-0.2, -0.15) is 0 Å². The van der Waals surface area contributed by atoms with Gasteiger partial charge in [0.1, 0.15) is 5.75 Å². The summed E-state index contributed by atoms with van der Waals surface area (Å²) in [6.07, 6.45) is 5.44. The number of rotatable bonds is 5. The van der Waals surface area contributed by atoms with Crippen molar-refractivity contribution in [2.24, 2.45) is 5.92 Å². The summed E-state index contributed by atoms with van der Waals surface area (Å²) in [6, 6.07) is 7.19. The van der Waals surface area contributed by atoms with Gasteiger partial charge in [-0.15, -0.1) is 0 Å². The van der Waals surface area contributed by atoms with Crippen molar-refractivity contribution in [3.8, 4) is 5.75 Å². The van der Waals surface area contributed by atoms with Gasteiger partial charge in [0, 0.05) is 11.3 Å². The summed E-state index contributed by atoms with van der Waals surface area (Å²) in [4.78, 5) is 27.7. The van der Waals surface area contributed by atoms with E-state index in [4.69, 9.17) is 4.74 Å². The maximum absolute atomic E-state index is 12.7. The molecule has 0 unspecified atom stereocenters. The van der Waals surface area contributed by atoms with Gasteiger partial charge in [-0.25, -0.2) is 0 Å². The normalized spacial score (nSPS) is 16.7. The maximum Gasteiger partial charge on any atom is 0.306 e. The smallest absolute Gasteiger partial charge is 0.306 e. The number of fused-ring (bicyclic) bond motifs is 1. The molecule has 1 heterocycles. The Morgan fingerprint density at radius 3 is 2.72 bits per heavy atom. The molecule has 1 fully saturated rings. The molecular formula is C20H25NO4. The number of ether oxygens (including phenoxy) is 1. The van der Waals surface area contributed by atoms with Crippen LogP contribution in [0.5, 0.6) is 5.75 Å². The van der Waals surface area contributed by atoms with Gasteiger partial charge in [-0.3, -0.25) is 9.59 Å². The number of carbonyl (C=O) groups excluding carboxylic acids is 1. The van der Waals surface area contributed by atoms with Crippen LogP contribution in [0.25, 0.3) is 10.9 Å². The first kappa shape index (κ1) is 17.5. The second-order valence-electron chi connectivity index (χ2n) is 6.78. The van der Waals surface area contributed by atoms with E-state index in [0.29, 0.717) is 23.1 Å².